The molecule has 0 bridgehead atoms. The lowest BCUT2D eigenvalue weighted by Gasteiger charge is -2.44. The summed E-state index contributed by atoms with van der Waals surface area (Å²) < 4.78 is 269. The second-order valence-corrected chi connectivity index (χ2v) is 10.4. The second kappa shape index (κ2) is 11.5. The molecule has 23 heteroatoms. The molecule has 0 N–H and O–H groups in total. The van der Waals surface area contributed by atoms with Crippen LogP contribution >= 0.6 is 0 Å². The van der Waals surface area contributed by atoms with E-state index in [-0.39, 0.29) is 0 Å². The van der Waals surface area contributed by atoms with Gasteiger partial charge in [0, 0.05) is 32.3 Å². The number of rotatable bonds is 16. The lowest BCUT2D eigenvalue weighted by atomic mass is 9.87. The van der Waals surface area contributed by atoms with Crippen molar-refractivity contribution in [3.8, 4) is 0 Å². The molecule has 0 aromatic heterocycles. The molecular formula is C17H19F19O3Si. The molecule has 0 amide bonds. The van der Waals surface area contributed by atoms with Gasteiger partial charge in [-0.25, -0.2) is 0 Å². The molecule has 0 radical (unpaired) electrons. The molecule has 40 heavy (non-hydrogen) atoms. The van der Waals surface area contributed by atoms with Gasteiger partial charge in [-0.3, -0.25) is 0 Å². The van der Waals surface area contributed by atoms with Crippen LogP contribution in [0.5, 0.6) is 0 Å². The third-order valence-electron chi connectivity index (χ3n) is 5.02. The van der Waals surface area contributed by atoms with Gasteiger partial charge < -0.3 is 13.3 Å². The molecule has 0 heterocycles. The molecule has 0 atom stereocenters. The summed E-state index contributed by atoms with van der Waals surface area (Å²) in [5.74, 6) is -66.8. The van der Waals surface area contributed by atoms with Crippen molar-refractivity contribution in [2.45, 2.75) is 86.8 Å². The average molecular weight is 660 g/mol. The molecule has 0 saturated carbocycles. The van der Waals surface area contributed by atoms with Crippen LogP contribution in [-0.2, 0) is 13.3 Å². The zero-order valence-corrected chi connectivity index (χ0v) is 20.9. The minimum Gasteiger partial charge on any atom is -0.374 e. The Bertz CT molecular complexity index is 825. The van der Waals surface area contributed by atoms with Crippen molar-refractivity contribution in [2.24, 2.45) is 0 Å². The largest absolute Gasteiger partial charge is 0.501 e. The summed E-state index contributed by atoms with van der Waals surface area (Å²) in [5, 5.41) is 0. The van der Waals surface area contributed by atoms with Crippen LogP contribution in [-0.4, -0.2) is 82.2 Å². The molecular weight excluding hydrogens is 641 g/mol. The molecule has 0 aliphatic rings. The van der Waals surface area contributed by atoms with Gasteiger partial charge in [0.1, 0.15) is 0 Å². The zero-order valence-electron chi connectivity index (χ0n) is 19.9. The van der Waals surface area contributed by atoms with E-state index < -0.39 is 94.6 Å². The normalized spacial score (nSPS) is 16.1. The third kappa shape index (κ3) is 5.84. The molecule has 0 saturated heterocycles. The van der Waals surface area contributed by atoms with Crippen molar-refractivity contribution in [2.75, 3.05) is 19.8 Å². The molecule has 0 aromatic rings. The van der Waals surface area contributed by atoms with Crippen molar-refractivity contribution in [3.05, 3.63) is 0 Å². The Morgan fingerprint density at radius 2 is 0.650 bits per heavy atom. The first kappa shape index (κ1) is 38.8. The van der Waals surface area contributed by atoms with Gasteiger partial charge in [-0.2, -0.15) is 83.4 Å². The maximum atomic E-state index is 14.2. The van der Waals surface area contributed by atoms with Crippen LogP contribution in [0.15, 0.2) is 0 Å². The van der Waals surface area contributed by atoms with E-state index in [4.69, 9.17) is 13.3 Å². The standard InChI is InChI=1S/C17H19F19O3Si/c1-4-37-40(38-5-2,39-6-3)8-7-9(18,19)10(20,21)11(22,23)12(24,25)13(26,27)14(28,29)15(30,31)16(32,33)17(34,35)36/h4-8H2,1-3H3. The Morgan fingerprint density at radius 1 is 0.400 bits per heavy atom. The number of hydrogen-bond acceptors (Lipinski definition) is 3. The first-order valence-electron chi connectivity index (χ1n) is 10.4. The lowest BCUT2D eigenvalue weighted by molar-refractivity contribution is -0.468. The quantitative estimate of drug-likeness (QED) is 0.124. The fourth-order valence-corrected chi connectivity index (χ4v) is 5.48. The summed E-state index contributed by atoms with van der Waals surface area (Å²) >= 11 is 0. The minimum absolute atomic E-state index is 0.472. The third-order valence-corrected chi connectivity index (χ3v) is 8.07. The molecule has 0 spiro atoms. The number of hydrogen-bond donors (Lipinski definition) is 0. The van der Waals surface area contributed by atoms with Crippen LogP contribution in [0.25, 0.3) is 0 Å². The summed E-state index contributed by atoms with van der Waals surface area (Å²) in [6.45, 7) is 2.05. The first-order chi connectivity index (χ1) is 17.4. The predicted octanol–water partition coefficient (Wildman–Crippen LogP) is 8.07. The van der Waals surface area contributed by atoms with E-state index in [1.807, 2.05) is 0 Å². The maximum absolute atomic E-state index is 14.2. The van der Waals surface area contributed by atoms with Crippen molar-refractivity contribution in [1.82, 2.24) is 0 Å². The Labute approximate surface area is 213 Å². The Kier molecular flexibility index (Phi) is 11.1. The predicted molar refractivity (Wildman–Crippen MR) is 95.7 cm³/mol. The van der Waals surface area contributed by atoms with Gasteiger partial charge in [-0.05, 0) is 20.8 Å². The van der Waals surface area contributed by atoms with Crippen LogP contribution < -0.4 is 0 Å². The highest BCUT2D eigenvalue weighted by atomic mass is 28.4. The zero-order chi connectivity index (χ0) is 32.7. The van der Waals surface area contributed by atoms with Gasteiger partial charge in [0.2, 0.25) is 0 Å². The summed E-state index contributed by atoms with van der Waals surface area (Å²) in [5.41, 5.74) is 0. The maximum Gasteiger partial charge on any atom is 0.501 e. The smallest absolute Gasteiger partial charge is 0.374 e. The Hall–Kier alpha value is -1.23. The van der Waals surface area contributed by atoms with E-state index in [0.29, 0.717) is 0 Å². The fraction of sp³-hybridized carbons (Fsp3) is 1.00. The van der Waals surface area contributed by atoms with Gasteiger partial charge in [0.25, 0.3) is 0 Å². The molecule has 0 fully saturated rings. The highest BCUT2D eigenvalue weighted by Gasteiger charge is 2.96. The summed E-state index contributed by atoms with van der Waals surface area (Å²) in [7, 11) is -4.52. The highest BCUT2D eigenvalue weighted by Crippen LogP contribution is 2.65. The van der Waals surface area contributed by atoms with Gasteiger partial charge >= 0.3 is 62.4 Å². The van der Waals surface area contributed by atoms with Crippen molar-refractivity contribution in [1.29, 1.82) is 0 Å². The molecule has 0 aliphatic carbocycles. The molecule has 0 aliphatic heterocycles. The van der Waals surface area contributed by atoms with Crippen LogP contribution in [0, 0.1) is 0 Å². The van der Waals surface area contributed by atoms with Crippen molar-refractivity contribution < 1.29 is 96.7 Å². The summed E-state index contributed by atoms with van der Waals surface area (Å²) in [6, 6.07) is -1.64. The van der Waals surface area contributed by atoms with Crippen LogP contribution in [0.3, 0.4) is 0 Å². The topological polar surface area (TPSA) is 27.7 Å². The second-order valence-electron chi connectivity index (χ2n) is 7.71. The molecule has 0 unspecified atom stereocenters. The Balaban J connectivity index is 6.76. The summed E-state index contributed by atoms with van der Waals surface area (Å²) in [6.07, 6.45) is -10.7. The fourth-order valence-electron chi connectivity index (χ4n) is 2.86. The molecule has 0 aromatic carbocycles. The monoisotopic (exact) mass is 660 g/mol. The van der Waals surface area contributed by atoms with Gasteiger partial charge in [-0.1, -0.05) is 0 Å². The molecule has 3 nitrogen and oxygen atoms in total. The Morgan fingerprint density at radius 3 is 0.900 bits per heavy atom. The van der Waals surface area contributed by atoms with E-state index >= 15 is 0 Å². The van der Waals surface area contributed by atoms with Gasteiger partial charge in [0.15, 0.2) is 0 Å². The SMILES string of the molecule is CCO[Si](CCC(F)(F)C(F)(F)C(F)(F)C(F)(F)C(F)(F)C(F)(F)C(F)(F)C(F)(F)C(F)(F)F)(OCC)OCC. The highest BCUT2D eigenvalue weighted by molar-refractivity contribution is 6.60. The van der Waals surface area contributed by atoms with Crippen LogP contribution in [0.1, 0.15) is 27.2 Å². The van der Waals surface area contributed by atoms with E-state index in [2.05, 4.69) is 0 Å². The first-order valence-corrected chi connectivity index (χ1v) is 12.3. The number of halogens is 19. The van der Waals surface area contributed by atoms with Crippen molar-refractivity contribution in [3.63, 3.8) is 0 Å². The average Bonchev–Trinajstić information content (AvgIpc) is 2.76. The van der Waals surface area contributed by atoms with Gasteiger partial charge in [0.05, 0.1) is 0 Å². The molecule has 0 rings (SSSR count). The van der Waals surface area contributed by atoms with E-state index in [1.54, 1.807) is 0 Å². The van der Waals surface area contributed by atoms with E-state index in [0.717, 1.165) is 20.8 Å². The lowest BCUT2D eigenvalue weighted by Crippen LogP contribution is -2.75. The number of alkyl halides is 19. The van der Waals surface area contributed by atoms with Crippen molar-refractivity contribution >= 4 is 8.80 Å². The van der Waals surface area contributed by atoms with Crippen LogP contribution in [0.2, 0.25) is 6.04 Å². The van der Waals surface area contributed by atoms with E-state index in [1.165, 1.54) is 0 Å². The van der Waals surface area contributed by atoms with E-state index in [9.17, 15) is 83.4 Å². The summed E-state index contributed by atoms with van der Waals surface area (Å²) in [4.78, 5) is 0. The minimum atomic E-state index is -8.94. The molecule has 242 valence electrons. The van der Waals surface area contributed by atoms with Crippen LogP contribution in [0.4, 0.5) is 83.4 Å². The van der Waals surface area contributed by atoms with Gasteiger partial charge in [-0.15, -0.1) is 0 Å².